The summed E-state index contributed by atoms with van der Waals surface area (Å²) in [4.78, 5) is 11.4. The molecule has 0 saturated heterocycles. The second kappa shape index (κ2) is 7.76. The average molecular weight is 202 g/mol. The molecule has 0 aromatic heterocycles. The van der Waals surface area contributed by atoms with Crippen molar-refractivity contribution < 1.29 is 9.90 Å². The van der Waals surface area contributed by atoms with E-state index in [1.54, 1.807) is 0 Å². The molecule has 14 heavy (non-hydrogen) atoms. The van der Waals surface area contributed by atoms with Crippen LogP contribution in [0.4, 0.5) is 0 Å². The summed E-state index contributed by atoms with van der Waals surface area (Å²) in [5.41, 5.74) is 0. The lowest BCUT2D eigenvalue weighted by atomic mass is 10.2. The molecule has 0 saturated carbocycles. The molecule has 0 heterocycles. The van der Waals surface area contributed by atoms with Crippen LogP contribution in [0.1, 0.15) is 33.6 Å². The Bertz CT molecular complexity index is 160. The normalized spacial score (nSPS) is 12.9. The number of hydrogen-bond donors (Lipinski definition) is 3. The van der Waals surface area contributed by atoms with Crippen LogP contribution in [-0.2, 0) is 4.79 Å². The smallest absolute Gasteiger partial charge is 0.237 e. The Morgan fingerprint density at radius 1 is 1.29 bits per heavy atom. The standard InChI is InChI=1S/C10H22N2O2/c1-8(2)12-10(14)9(3)11-6-4-5-7-13/h8-9,11,13H,4-7H2,1-3H3,(H,12,14). The Morgan fingerprint density at radius 2 is 1.93 bits per heavy atom. The van der Waals surface area contributed by atoms with Gasteiger partial charge >= 0.3 is 0 Å². The molecule has 0 aromatic rings. The van der Waals surface area contributed by atoms with Gasteiger partial charge in [-0.2, -0.15) is 0 Å². The molecule has 0 aromatic carbocycles. The van der Waals surface area contributed by atoms with Crippen molar-refractivity contribution in [2.24, 2.45) is 0 Å². The Kier molecular flexibility index (Phi) is 7.42. The Labute approximate surface area is 86.1 Å². The minimum atomic E-state index is -0.156. The number of carbonyl (C=O) groups excluding carboxylic acids is 1. The average Bonchev–Trinajstić information content (AvgIpc) is 2.11. The van der Waals surface area contributed by atoms with E-state index in [0.717, 1.165) is 19.4 Å². The van der Waals surface area contributed by atoms with E-state index in [9.17, 15) is 4.79 Å². The summed E-state index contributed by atoms with van der Waals surface area (Å²) >= 11 is 0. The number of nitrogens with one attached hydrogen (secondary N) is 2. The molecule has 0 spiro atoms. The summed E-state index contributed by atoms with van der Waals surface area (Å²) in [6, 6.07) is 0.0280. The van der Waals surface area contributed by atoms with Crippen molar-refractivity contribution in [3.63, 3.8) is 0 Å². The van der Waals surface area contributed by atoms with Crippen molar-refractivity contribution >= 4 is 5.91 Å². The van der Waals surface area contributed by atoms with Crippen LogP contribution in [0.15, 0.2) is 0 Å². The van der Waals surface area contributed by atoms with Gasteiger partial charge in [0.2, 0.25) is 5.91 Å². The molecule has 1 unspecified atom stereocenters. The minimum Gasteiger partial charge on any atom is -0.396 e. The predicted molar refractivity (Wildman–Crippen MR) is 57.1 cm³/mol. The summed E-state index contributed by atoms with van der Waals surface area (Å²) in [5, 5.41) is 14.5. The molecule has 0 aliphatic heterocycles. The van der Waals surface area contributed by atoms with Crippen molar-refractivity contribution in [3.05, 3.63) is 0 Å². The number of carbonyl (C=O) groups is 1. The molecule has 1 atom stereocenters. The third-order valence-electron chi connectivity index (χ3n) is 1.86. The summed E-state index contributed by atoms with van der Waals surface area (Å²) in [6.07, 6.45) is 1.68. The molecule has 3 N–H and O–H groups in total. The zero-order valence-electron chi connectivity index (χ0n) is 9.34. The van der Waals surface area contributed by atoms with E-state index >= 15 is 0 Å². The van der Waals surface area contributed by atoms with Gasteiger partial charge in [0.1, 0.15) is 0 Å². The lowest BCUT2D eigenvalue weighted by molar-refractivity contribution is -0.123. The predicted octanol–water partition coefficient (Wildman–Crippen LogP) is 0.262. The first-order valence-electron chi connectivity index (χ1n) is 5.22. The first kappa shape index (κ1) is 13.4. The van der Waals surface area contributed by atoms with Crippen LogP contribution in [0, 0.1) is 0 Å². The summed E-state index contributed by atoms with van der Waals surface area (Å²) in [6.45, 7) is 6.71. The van der Waals surface area contributed by atoms with Gasteiger partial charge in [-0.3, -0.25) is 4.79 Å². The SMILES string of the molecule is CC(C)NC(=O)C(C)NCCCCO. The van der Waals surface area contributed by atoms with Crippen LogP contribution in [0.3, 0.4) is 0 Å². The van der Waals surface area contributed by atoms with Gasteiger partial charge < -0.3 is 15.7 Å². The highest BCUT2D eigenvalue weighted by Crippen LogP contribution is 1.88. The number of amides is 1. The van der Waals surface area contributed by atoms with E-state index < -0.39 is 0 Å². The maximum Gasteiger partial charge on any atom is 0.237 e. The monoisotopic (exact) mass is 202 g/mol. The Morgan fingerprint density at radius 3 is 2.43 bits per heavy atom. The third kappa shape index (κ3) is 6.86. The van der Waals surface area contributed by atoms with E-state index in [0.29, 0.717) is 0 Å². The summed E-state index contributed by atoms with van der Waals surface area (Å²) in [7, 11) is 0. The molecular formula is C10H22N2O2. The van der Waals surface area contributed by atoms with Gasteiger partial charge in [0.25, 0.3) is 0 Å². The molecule has 4 heteroatoms. The maximum absolute atomic E-state index is 11.4. The van der Waals surface area contributed by atoms with E-state index in [2.05, 4.69) is 10.6 Å². The maximum atomic E-state index is 11.4. The highest BCUT2D eigenvalue weighted by molar-refractivity contribution is 5.81. The van der Waals surface area contributed by atoms with Crippen molar-refractivity contribution in [2.75, 3.05) is 13.2 Å². The van der Waals surface area contributed by atoms with Crippen molar-refractivity contribution in [1.82, 2.24) is 10.6 Å². The first-order chi connectivity index (χ1) is 6.57. The third-order valence-corrected chi connectivity index (χ3v) is 1.86. The second-order valence-corrected chi connectivity index (χ2v) is 3.77. The van der Waals surface area contributed by atoms with Gasteiger partial charge in [0.05, 0.1) is 6.04 Å². The molecule has 4 nitrogen and oxygen atoms in total. The van der Waals surface area contributed by atoms with E-state index in [4.69, 9.17) is 5.11 Å². The van der Waals surface area contributed by atoms with Crippen molar-refractivity contribution in [3.8, 4) is 0 Å². The van der Waals surface area contributed by atoms with E-state index in [1.807, 2.05) is 20.8 Å². The number of rotatable bonds is 7. The summed E-state index contributed by atoms with van der Waals surface area (Å²) in [5.74, 6) is 0.0315. The Balaban J connectivity index is 3.52. The zero-order valence-corrected chi connectivity index (χ0v) is 9.34. The van der Waals surface area contributed by atoms with E-state index in [1.165, 1.54) is 0 Å². The number of unbranched alkanes of at least 4 members (excludes halogenated alkanes) is 1. The molecule has 0 radical (unpaired) electrons. The number of hydrogen-bond acceptors (Lipinski definition) is 3. The fourth-order valence-electron chi connectivity index (χ4n) is 1.06. The molecule has 84 valence electrons. The van der Waals surface area contributed by atoms with Gasteiger partial charge in [0, 0.05) is 12.6 Å². The molecule has 0 aliphatic rings. The molecule has 1 amide bonds. The van der Waals surface area contributed by atoms with Crippen LogP contribution >= 0.6 is 0 Å². The van der Waals surface area contributed by atoms with Gasteiger partial charge in [-0.05, 0) is 40.2 Å². The van der Waals surface area contributed by atoms with Gasteiger partial charge in [-0.1, -0.05) is 0 Å². The van der Waals surface area contributed by atoms with Gasteiger partial charge in [0.15, 0.2) is 0 Å². The van der Waals surface area contributed by atoms with Gasteiger partial charge in [-0.25, -0.2) is 0 Å². The van der Waals surface area contributed by atoms with Crippen LogP contribution < -0.4 is 10.6 Å². The number of aliphatic hydroxyl groups is 1. The van der Waals surface area contributed by atoms with Crippen molar-refractivity contribution in [2.45, 2.75) is 45.7 Å². The molecular weight excluding hydrogens is 180 g/mol. The van der Waals surface area contributed by atoms with E-state index in [-0.39, 0.29) is 24.6 Å². The van der Waals surface area contributed by atoms with Crippen LogP contribution in [0.5, 0.6) is 0 Å². The zero-order chi connectivity index (χ0) is 11.0. The van der Waals surface area contributed by atoms with Gasteiger partial charge in [-0.15, -0.1) is 0 Å². The highest BCUT2D eigenvalue weighted by Gasteiger charge is 2.11. The summed E-state index contributed by atoms with van der Waals surface area (Å²) < 4.78 is 0. The minimum absolute atomic E-state index is 0.0315. The lowest BCUT2D eigenvalue weighted by Crippen LogP contribution is -2.44. The molecule has 0 aliphatic carbocycles. The first-order valence-corrected chi connectivity index (χ1v) is 5.22. The molecule has 0 bridgehead atoms. The fraction of sp³-hybridized carbons (Fsp3) is 0.900. The quantitative estimate of drug-likeness (QED) is 0.519. The molecule has 0 rings (SSSR count). The fourth-order valence-corrected chi connectivity index (χ4v) is 1.06. The van der Waals surface area contributed by atoms with Crippen LogP contribution in [0.2, 0.25) is 0 Å². The number of aliphatic hydroxyl groups excluding tert-OH is 1. The van der Waals surface area contributed by atoms with Crippen LogP contribution in [-0.4, -0.2) is 36.2 Å². The highest BCUT2D eigenvalue weighted by atomic mass is 16.2. The van der Waals surface area contributed by atoms with Crippen molar-refractivity contribution in [1.29, 1.82) is 0 Å². The van der Waals surface area contributed by atoms with Crippen LogP contribution in [0.25, 0.3) is 0 Å². The Hall–Kier alpha value is -0.610. The largest absolute Gasteiger partial charge is 0.396 e. The second-order valence-electron chi connectivity index (χ2n) is 3.77. The lowest BCUT2D eigenvalue weighted by Gasteiger charge is -2.15. The molecule has 0 fully saturated rings. The topological polar surface area (TPSA) is 61.4 Å².